The van der Waals surface area contributed by atoms with Crippen LogP contribution in [-0.4, -0.2) is 0 Å². The molecule has 2 aromatic rings. The first-order valence-electron chi connectivity index (χ1n) is 5.63. The molecule has 0 atom stereocenters. The quantitative estimate of drug-likeness (QED) is 0.571. The summed E-state index contributed by atoms with van der Waals surface area (Å²) < 4.78 is 0. The van der Waals surface area contributed by atoms with Gasteiger partial charge in [-0.3, -0.25) is 0 Å². The van der Waals surface area contributed by atoms with E-state index in [0.717, 1.165) is 0 Å². The normalized spacial score (nSPS) is 12.6. The summed E-state index contributed by atoms with van der Waals surface area (Å²) in [5, 5.41) is 2.82. The molecule has 1 aliphatic carbocycles. The highest BCUT2D eigenvalue weighted by Crippen LogP contribution is 2.33. The highest BCUT2D eigenvalue weighted by Gasteiger charge is 2.11. The zero-order chi connectivity index (χ0) is 10.3. The average Bonchev–Trinajstić information content (AvgIpc) is 2.69. The second kappa shape index (κ2) is 3.23. The third kappa shape index (κ3) is 1.21. The third-order valence-corrected chi connectivity index (χ3v) is 3.16. The highest BCUT2D eigenvalue weighted by molar-refractivity contribution is 6.05. The Morgan fingerprint density at radius 1 is 1.00 bits per heavy atom. The first-order valence-corrected chi connectivity index (χ1v) is 5.63. The Balaban J connectivity index is 2.35. The maximum absolute atomic E-state index is 2.28. The molecular formula is C15H14. The van der Waals surface area contributed by atoms with E-state index < -0.39 is 0 Å². The fourth-order valence-corrected chi connectivity index (χ4v) is 2.47. The van der Waals surface area contributed by atoms with Crippen molar-refractivity contribution < 1.29 is 0 Å². The van der Waals surface area contributed by atoms with Crippen LogP contribution in [0.25, 0.3) is 22.9 Å². The van der Waals surface area contributed by atoms with E-state index in [9.17, 15) is 0 Å². The van der Waals surface area contributed by atoms with Gasteiger partial charge in [-0.2, -0.15) is 0 Å². The Morgan fingerprint density at radius 2 is 1.93 bits per heavy atom. The predicted molar refractivity (Wildman–Crippen MR) is 66.9 cm³/mol. The second-order valence-corrected chi connectivity index (χ2v) is 4.17. The summed E-state index contributed by atoms with van der Waals surface area (Å²) in [5.74, 6) is 0. The standard InChI is InChI=1S/C15H14/c1-2-4-11-7-8-12-5-3-6-13-9-10-14(11)15(12)13/h3,5-10H,2,4H2,1H3. The molecule has 0 aliphatic heterocycles. The van der Waals surface area contributed by atoms with E-state index in [-0.39, 0.29) is 0 Å². The molecule has 0 aromatic heterocycles. The minimum atomic E-state index is 1.18. The zero-order valence-corrected chi connectivity index (χ0v) is 8.96. The maximum Gasteiger partial charge on any atom is -0.00361 e. The van der Waals surface area contributed by atoms with Crippen LogP contribution in [0.4, 0.5) is 0 Å². The zero-order valence-electron chi connectivity index (χ0n) is 8.96. The van der Waals surface area contributed by atoms with Gasteiger partial charge < -0.3 is 0 Å². The molecule has 1 aliphatic rings. The fourth-order valence-electron chi connectivity index (χ4n) is 2.47. The van der Waals surface area contributed by atoms with Crippen LogP contribution in [0, 0.1) is 0 Å². The van der Waals surface area contributed by atoms with Crippen LogP contribution in [0.3, 0.4) is 0 Å². The number of aryl methyl sites for hydroxylation is 1. The van der Waals surface area contributed by atoms with E-state index in [1.165, 1.54) is 40.3 Å². The van der Waals surface area contributed by atoms with Gasteiger partial charge in [0.2, 0.25) is 0 Å². The Hall–Kier alpha value is -1.56. The highest BCUT2D eigenvalue weighted by atomic mass is 14.2. The summed E-state index contributed by atoms with van der Waals surface area (Å²) >= 11 is 0. The van der Waals surface area contributed by atoms with Crippen LogP contribution in [-0.2, 0) is 6.42 Å². The summed E-state index contributed by atoms with van der Waals surface area (Å²) in [5.41, 5.74) is 4.32. The van der Waals surface area contributed by atoms with Crippen molar-refractivity contribution in [3.05, 3.63) is 47.0 Å². The van der Waals surface area contributed by atoms with Crippen molar-refractivity contribution in [2.24, 2.45) is 0 Å². The van der Waals surface area contributed by atoms with Crippen LogP contribution in [0.1, 0.15) is 30.0 Å². The van der Waals surface area contributed by atoms with Crippen molar-refractivity contribution in [2.75, 3.05) is 0 Å². The van der Waals surface area contributed by atoms with Crippen molar-refractivity contribution in [1.82, 2.24) is 0 Å². The molecule has 0 heteroatoms. The molecule has 3 rings (SSSR count). The molecule has 15 heavy (non-hydrogen) atoms. The number of rotatable bonds is 2. The van der Waals surface area contributed by atoms with Crippen molar-refractivity contribution in [2.45, 2.75) is 19.8 Å². The predicted octanol–water partition coefficient (Wildman–Crippen LogP) is 4.28. The van der Waals surface area contributed by atoms with Crippen LogP contribution < -0.4 is 0 Å². The SMILES string of the molecule is CCCc1ccc2cccc3c2c1C=C3. The van der Waals surface area contributed by atoms with Crippen LogP contribution in [0.5, 0.6) is 0 Å². The van der Waals surface area contributed by atoms with Crippen molar-refractivity contribution in [3.8, 4) is 0 Å². The van der Waals surface area contributed by atoms with E-state index in [2.05, 4.69) is 49.4 Å². The Labute approximate surface area is 90.2 Å². The Morgan fingerprint density at radius 3 is 2.80 bits per heavy atom. The van der Waals surface area contributed by atoms with Crippen LogP contribution >= 0.6 is 0 Å². The molecular weight excluding hydrogens is 180 g/mol. The maximum atomic E-state index is 2.28. The first kappa shape index (κ1) is 8.72. The number of hydrogen-bond donors (Lipinski definition) is 0. The van der Waals surface area contributed by atoms with Gasteiger partial charge in [0.05, 0.1) is 0 Å². The largest absolute Gasteiger partial charge is 0.0651 e. The molecule has 74 valence electrons. The molecule has 0 spiro atoms. The minimum Gasteiger partial charge on any atom is -0.0651 e. The first-order chi connectivity index (χ1) is 7.40. The van der Waals surface area contributed by atoms with E-state index in [0.29, 0.717) is 0 Å². The Kier molecular flexibility index (Phi) is 1.88. The van der Waals surface area contributed by atoms with Gasteiger partial charge in [0.25, 0.3) is 0 Å². The van der Waals surface area contributed by atoms with Crippen molar-refractivity contribution >= 4 is 22.9 Å². The fraction of sp³-hybridized carbons (Fsp3) is 0.200. The summed E-state index contributed by atoms with van der Waals surface area (Å²) in [6.07, 6.45) is 6.90. The molecule has 0 amide bonds. The van der Waals surface area contributed by atoms with Gasteiger partial charge in [-0.05, 0) is 33.9 Å². The smallest absolute Gasteiger partial charge is 0.00361 e. The molecule has 0 nitrogen and oxygen atoms in total. The molecule has 2 aromatic carbocycles. The van der Waals surface area contributed by atoms with Gasteiger partial charge in [-0.15, -0.1) is 0 Å². The van der Waals surface area contributed by atoms with E-state index >= 15 is 0 Å². The Bertz CT molecular complexity index is 547. The summed E-state index contributed by atoms with van der Waals surface area (Å²) in [6.45, 7) is 2.24. The molecule has 0 radical (unpaired) electrons. The molecule has 0 saturated heterocycles. The molecule has 0 unspecified atom stereocenters. The molecule has 0 saturated carbocycles. The molecule has 0 bridgehead atoms. The topological polar surface area (TPSA) is 0 Å². The van der Waals surface area contributed by atoms with E-state index in [4.69, 9.17) is 0 Å². The van der Waals surface area contributed by atoms with Crippen molar-refractivity contribution in [1.29, 1.82) is 0 Å². The van der Waals surface area contributed by atoms with Gasteiger partial charge in [-0.1, -0.05) is 55.8 Å². The van der Waals surface area contributed by atoms with Gasteiger partial charge >= 0.3 is 0 Å². The summed E-state index contributed by atoms with van der Waals surface area (Å²) in [7, 11) is 0. The van der Waals surface area contributed by atoms with Gasteiger partial charge in [0, 0.05) is 0 Å². The monoisotopic (exact) mass is 194 g/mol. The molecule has 0 N–H and O–H groups in total. The average molecular weight is 194 g/mol. The summed E-state index contributed by atoms with van der Waals surface area (Å²) in [6, 6.07) is 11.1. The van der Waals surface area contributed by atoms with Crippen LogP contribution in [0.2, 0.25) is 0 Å². The van der Waals surface area contributed by atoms with Crippen molar-refractivity contribution in [3.63, 3.8) is 0 Å². The lowest BCUT2D eigenvalue weighted by atomic mass is 9.97. The molecule has 0 fully saturated rings. The lowest BCUT2D eigenvalue weighted by Gasteiger charge is -2.07. The van der Waals surface area contributed by atoms with Crippen LogP contribution in [0.15, 0.2) is 30.3 Å². The van der Waals surface area contributed by atoms with E-state index in [1.54, 1.807) is 0 Å². The van der Waals surface area contributed by atoms with Gasteiger partial charge in [0.1, 0.15) is 0 Å². The number of benzene rings is 2. The summed E-state index contributed by atoms with van der Waals surface area (Å²) in [4.78, 5) is 0. The molecule has 0 heterocycles. The van der Waals surface area contributed by atoms with Gasteiger partial charge in [-0.25, -0.2) is 0 Å². The van der Waals surface area contributed by atoms with Gasteiger partial charge in [0.15, 0.2) is 0 Å². The lowest BCUT2D eigenvalue weighted by molar-refractivity contribution is 0.922. The number of hydrogen-bond acceptors (Lipinski definition) is 0. The second-order valence-electron chi connectivity index (χ2n) is 4.17. The minimum absolute atomic E-state index is 1.18. The van der Waals surface area contributed by atoms with E-state index in [1.807, 2.05) is 0 Å². The lowest BCUT2D eigenvalue weighted by Crippen LogP contribution is -1.88. The third-order valence-electron chi connectivity index (χ3n) is 3.16.